The molecule has 3 heteroatoms. The molecule has 0 heterocycles. The molecule has 0 spiro atoms. The first kappa shape index (κ1) is 10.1. The topological polar surface area (TPSA) is 17.1 Å². The summed E-state index contributed by atoms with van der Waals surface area (Å²) in [4.78, 5) is 11.7. The van der Waals surface area contributed by atoms with Crippen LogP contribution in [-0.4, -0.2) is 9.46 Å². The van der Waals surface area contributed by atoms with Crippen molar-refractivity contribution in [2.45, 2.75) is 23.9 Å². The number of hydrogen-bond donors (Lipinski definition) is 0. The van der Waals surface area contributed by atoms with Crippen LogP contribution in [0.1, 0.15) is 27.0 Å². The summed E-state index contributed by atoms with van der Waals surface area (Å²) in [5, 5.41) is 0. The number of halogens is 2. The second-order valence-corrected chi connectivity index (χ2v) is 5.47. The number of alkyl halides is 2. The second kappa shape index (κ2) is 3.02. The summed E-state index contributed by atoms with van der Waals surface area (Å²) < 4.78 is 12.1. The fraction of sp³-hybridized carbons (Fsp3) is 0.364. The maximum atomic E-state index is 13.8. The van der Waals surface area contributed by atoms with E-state index in [0.29, 0.717) is 5.56 Å². The van der Waals surface area contributed by atoms with Gasteiger partial charge in [-0.05, 0) is 53.1 Å². The summed E-state index contributed by atoms with van der Waals surface area (Å²) in [6.45, 7) is 3.78. The Kier molecular flexibility index (Phi) is 2.17. The van der Waals surface area contributed by atoms with Crippen molar-refractivity contribution in [3.63, 3.8) is 0 Å². The predicted octanol–water partition coefficient (Wildman–Crippen LogP) is 3.14. The van der Waals surface area contributed by atoms with Crippen molar-refractivity contribution in [2.24, 2.45) is 0 Å². The van der Waals surface area contributed by atoms with Gasteiger partial charge in [-0.3, -0.25) is 4.79 Å². The Morgan fingerprint density at radius 2 is 1.93 bits per heavy atom. The largest absolute Gasteiger partial charge is 0.290 e. The van der Waals surface area contributed by atoms with Crippen molar-refractivity contribution in [1.82, 2.24) is 0 Å². The highest BCUT2D eigenvalue weighted by atomic mass is 127. The number of rotatable bonds is 0. The highest BCUT2D eigenvalue weighted by molar-refractivity contribution is 14.1. The molecule has 1 aliphatic rings. The van der Waals surface area contributed by atoms with Gasteiger partial charge in [0.25, 0.3) is 0 Å². The zero-order chi connectivity index (χ0) is 10.5. The Labute approximate surface area is 95.8 Å². The first-order valence-corrected chi connectivity index (χ1v) is 5.53. The quantitative estimate of drug-likeness (QED) is 0.531. The Bertz CT molecular complexity index is 424. The normalized spacial score (nSPS) is 25.3. The van der Waals surface area contributed by atoms with E-state index in [0.717, 1.165) is 16.7 Å². The summed E-state index contributed by atoms with van der Waals surface area (Å²) in [6, 6.07) is 3.82. The van der Waals surface area contributed by atoms with Gasteiger partial charge in [0.05, 0.1) is 0 Å². The van der Waals surface area contributed by atoms with Gasteiger partial charge in [0, 0.05) is 12.0 Å². The lowest BCUT2D eigenvalue weighted by atomic mass is 10.00. The highest BCUT2D eigenvalue weighted by Crippen LogP contribution is 2.40. The smallest absolute Gasteiger partial charge is 0.227 e. The van der Waals surface area contributed by atoms with E-state index in [4.69, 9.17) is 0 Å². The summed E-state index contributed by atoms with van der Waals surface area (Å²) in [7, 11) is 0. The Morgan fingerprint density at radius 3 is 2.50 bits per heavy atom. The number of benzene rings is 1. The third-order valence-electron chi connectivity index (χ3n) is 2.71. The molecule has 0 saturated carbocycles. The predicted molar refractivity (Wildman–Crippen MR) is 61.8 cm³/mol. The molecule has 0 aromatic heterocycles. The fourth-order valence-corrected chi connectivity index (χ4v) is 2.55. The number of ketones is 1. The van der Waals surface area contributed by atoms with Crippen LogP contribution in [0.4, 0.5) is 4.39 Å². The van der Waals surface area contributed by atoms with Gasteiger partial charge in [-0.25, -0.2) is 4.39 Å². The van der Waals surface area contributed by atoms with Crippen LogP contribution in [-0.2, 0) is 6.42 Å². The summed E-state index contributed by atoms with van der Waals surface area (Å²) in [5.74, 6) is -0.366. The molecule has 1 aromatic rings. The third-order valence-corrected chi connectivity index (χ3v) is 3.58. The van der Waals surface area contributed by atoms with Crippen LogP contribution in [0, 0.1) is 13.8 Å². The molecule has 0 radical (unpaired) electrons. The molecule has 0 aliphatic heterocycles. The van der Waals surface area contributed by atoms with Gasteiger partial charge >= 0.3 is 0 Å². The van der Waals surface area contributed by atoms with Gasteiger partial charge in [-0.2, -0.15) is 0 Å². The molecule has 1 unspecified atom stereocenters. The molecule has 0 amide bonds. The first-order chi connectivity index (χ1) is 6.43. The van der Waals surface area contributed by atoms with Crippen molar-refractivity contribution in [3.05, 3.63) is 34.4 Å². The number of aryl methyl sites for hydroxylation is 2. The van der Waals surface area contributed by atoms with Crippen LogP contribution in [0.5, 0.6) is 0 Å². The molecule has 0 fully saturated rings. The van der Waals surface area contributed by atoms with Gasteiger partial charge in [0.15, 0.2) is 0 Å². The lowest BCUT2D eigenvalue weighted by Gasteiger charge is -2.06. The van der Waals surface area contributed by atoms with Gasteiger partial charge in [0.1, 0.15) is 0 Å². The zero-order valence-electron chi connectivity index (χ0n) is 8.03. The SMILES string of the molecule is Cc1ccc(C)c2c1CC(F)(I)C2=O. The Morgan fingerprint density at radius 1 is 1.36 bits per heavy atom. The van der Waals surface area contributed by atoms with E-state index in [9.17, 15) is 9.18 Å². The molecule has 2 rings (SSSR count). The lowest BCUT2D eigenvalue weighted by molar-refractivity contribution is 0.0882. The van der Waals surface area contributed by atoms with Crippen LogP contribution in [0.15, 0.2) is 12.1 Å². The summed E-state index contributed by atoms with van der Waals surface area (Å²) in [6.07, 6.45) is 0.218. The molecular weight excluding hydrogens is 294 g/mol. The second-order valence-electron chi connectivity index (χ2n) is 3.76. The molecule has 1 aromatic carbocycles. The van der Waals surface area contributed by atoms with Crippen molar-refractivity contribution in [3.8, 4) is 0 Å². The van der Waals surface area contributed by atoms with Gasteiger partial charge in [-0.1, -0.05) is 12.1 Å². The minimum atomic E-state index is -1.73. The third kappa shape index (κ3) is 1.29. The molecule has 74 valence electrons. The van der Waals surface area contributed by atoms with E-state index in [2.05, 4.69) is 0 Å². The molecule has 1 aliphatic carbocycles. The monoisotopic (exact) mass is 304 g/mol. The van der Waals surface area contributed by atoms with Crippen LogP contribution in [0.3, 0.4) is 0 Å². The van der Waals surface area contributed by atoms with Crippen molar-refractivity contribution in [1.29, 1.82) is 0 Å². The summed E-state index contributed by atoms with van der Waals surface area (Å²) >= 11 is 1.60. The fourth-order valence-electron chi connectivity index (χ4n) is 1.90. The molecule has 1 nitrogen and oxygen atoms in total. The minimum Gasteiger partial charge on any atom is -0.290 e. The number of carbonyl (C=O) groups is 1. The van der Waals surface area contributed by atoms with E-state index in [1.807, 2.05) is 26.0 Å². The van der Waals surface area contributed by atoms with Crippen LogP contribution in [0.25, 0.3) is 0 Å². The lowest BCUT2D eigenvalue weighted by Crippen LogP contribution is -2.21. The van der Waals surface area contributed by atoms with Gasteiger partial charge < -0.3 is 0 Å². The number of carbonyl (C=O) groups excluding carboxylic acids is 1. The molecule has 0 saturated heterocycles. The average Bonchev–Trinajstić information content (AvgIpc) is 2.33. The number of Topliss-reactive ketones (excluding diaryl/α,β-unsaturated/α-hetero) is 1. The Hall–Kier alpha value is -0.450. The van der Waals surface area contributed by atoms with Crippen LogP contribution >= 0.6 is 22.6 Å². The summed E-state index contributed by atoms with van der Waals surface area (Å²) in [5.41, 5.74) is 3.37. The standard InChI is InChI=1S/C11H10FIO/c1-6-3-4-7(2)9-8(6)5-11(12,13)10(9)14/h3-4H,5H2,1-2H3. The van der Waals surface area contributed by atoms with E-state index >= 15 is 0 Å². The molecular formula is C11H10FIO. The number of hydrogen-bond acceptors (Lipinski definition) is 1. The maximum Gasteiger partial charge on any atom is 0.227 e. The van der Waals surface area contributed by atoms with Gasteiger partial charge in [0.2, 0.25) is 9.46 Å². The molecule has 0 bridgehead atoms. The van der Waals surface area contributed by atoms with Crippen LogP contribution < -0.4 is 0 Å². The van der Waals surface area contributed by atoms with E-state index in [1.54, 1.807) is 22.6 Å². The molecule has 14 heavy (non-hydrogen) atoms. The van der Waals surface area contributed by atoms with Crippen molar-refractivity contribution in [2.75, 3.05) is 0 Å². The molecule has 0 N–H and O–H groups in total. The van der Waals surface area contributed by atoms with E-state index in [1.165, 1.54) is 0 Å². The first-order valence-electron chi connectivity index (χ1n) is 4.45. The molecule has 1 atom stereocenters. The zero-order valence-corrected chi connectivity index (χ0v) is 10.2. The van der Waals surface area contributed by atoms with E-state index in [-0.39, 0.29) is 12.2 Å². The van der Waals surface area contributed by atoms with Gasteiger partial charge in [-0.15, -0.1) is 0 Å². The maximum absolute atomic E-state index is 13.8. The van der Waals surface area contributed by atoms with Crippen LogP contribution in [0.2, 0.25) is 0 Å². The number of fused-ring (bicyclic) bond motifs is 1. The Balaban J connectivity index is 2.70. The minimum absolute atomic E-state index is 0.218. The average molecular weight is 304 g/mol. The van der Waals surface area contributed by atoms with E-state index < -0.39 is 3.68 Å². The highest BCUT2D eigenvalue weighted by Gasteiger charge is 2.45. The van der Waals surface area contributed by atoms with Crippen molar-refractivity contribution >= 4 is 28.4 Å². The van der Waals surface area contributed by atoms with Crippen molar-refractivity contribution < 1.29 is 9.18 Å².